The molecule has 1 aliphatic heterocycles. The van der Waals surface area contributed by atoms with E-state index in [-0.39, 0.29) is 11.9 Å². The number of methoxy groups -OCH3 is 3. The lowest BCUT2D eigenvalue weighted by atomic mass is 9.97. The number of benzene rings is 2. The van der Waals surface area contributed by atoms with Crippen molar-refractivity contribution >= 4 is 34.1 Å². The van der Waals surface area contributed by atoms with Gasteiger partial charge in [-0.3, -0.25) is 4.79 Å². The minimum absolute atomic E-state index is 0.182. The molecule has 0 spiro atoms. The van der Waals surface area contributed by atoms with Crippen LogP contribution in [0.1, 0.15) is 30.5 Å². The Bertz CT molecular complexity index is 1190. The summed E-state index contributed by atoms with van der Waals surface area (Å²) in [7, 11) is 4.79. The summed E-state index contributed by atoms with van der Waals surface area (Å²) < 4.78 is 16.1. The number of hydrogen-bond donors (Lipinski definition) is 0. The van der Waals surface area contributed by atoms with Crippen molar-refractivity contribution in [3.05, 3.63) is 58.7 Å². The molecule has 31 heavy (non-hydrogen) atoms. The van der Waals surface area contributed by atoms with E-state index >= 15 is 0 Å². The number of hydrazone groups is 1. The van der Waals surface area contributed by atoms with Crippen molar-refractivity contribution in [2.45, 2.75) is 19.4 Å². The molecule has 0 saturated heterocycles. The van der Waals surface area contributed by atoms with E-state index in [1.165, 1.54) is 11.9 Å². The summed E-state index contributed by atoms with van der Waals surface area (Å²) in [4.78, 5) is 16.9. The van der Waals surface area contributed by atoms with Gasteiger partial charge in [0.25, 0.3) is 0 Å². The van der Waals surface area contributed by atoms with Gasteiger partial charge in [-0.25, -0.2) is 9.99 Å². The van der Waals surface area contributed by atoms with Gasteiger partial charge in [0.2, 0.25) is 5.91 Å². The van der Waals surface area contributed by atoms with Gasteiger partial charge in [-0.2, -0.15) is 5.10 Å². The first kappa shape index (κ1) is 20.9. The Hall–Kier alpha value is -3.32. The van der Waals surface area contributed by atoms with Crippen molar-refractivity contribution in [2.75, 3.05) is 21.3 Å². The van der Waals surface area contributed by atoms with Crippen LogP contribution in [0.5, 0.6) is 17.2 Å². The van der Waals surface area contributed by atoms with Crippen molar-refractivity contribution in [1.29, 1.82) is 0 Å². The van der Waals surface area contributed by atoms with Gasteiger partial charge in [0.15, 0.2) is 0 Å². The molecule has 2 aromatic carbocycles. The quantitative estimate of drug-likeness (QED) is 0.543. The maximum Gasteiger partial charge on any atom is 0.240 e. The highest BCUT2D eigenvalue weighted by Crippen LogP contribution is 2.39. The van der Waals surface area contributed by atoms with E-state index in [1.807, 2.05) is 36.4 Å². The zero-order chi connectivity index (χ0) is 22.1. The van der Waals surface area contributed by atoms with Gasteiger partial charge in [0, 0.05) is 42.0 Å². The zero-order valence-corrected chi connectivity index (χ0v) is 18.4. The van der Waals surface area contributed by atoms with E-state index in [0.717, 1.165) is 27.7 Å². The van der Waals surface area contributed by atoms with Gasteiger partial charge < -0.3 is 14.2 Å². The molecule has 1 aromatic heterocycles. The molecule has 7 nitrogen and oxygen atoms in total. The molecule has 160 valence electrons. The fourth-order valence-electron chi connectivity index (χ4n) is 3.74. The highest BCUT2D eigenvalue weighted by atomic mass is 35.5. The summed E-state index contributed by atoms with van der Waals surface area (Å²) in [5.74, 6) is 1.82. The summed E-state index contributed by atoms with van der Waals surface area (Å²) in [6.07, 6.45) is 0.478. The first-order valence-corrected chi connectivity index (χ1v) is 10.1. The summed E-state index contributed by atoms with van der Waals surface area (Å²) in [6.45, 7) is 1.48. The molecular formula is C23H22ClN3O4. The third-order valence-corrected chi connectivity index (χ3v) is 5.62. The van der Waals surface area contributed by atoms with Gasteiger partial charge in [0.1, 0.15) is 22.4 Å². The van der Waals surface area contributed by atoms with Gasteiger partial charge in [-0.05, 0) is 30.3 Å². The van der Waals surface area contributed by atoms with Crippen LogP contribution in [0.3, 0.4) is 0 Å². The van der Waals surface area contributed by atoms with Crippen molar-refractivity contribution in [3.8, 4) is 17.2 Å². The highest BCUT2D eigenvalue weighted by molar-refractivity contribution is 6.30. The Morgan fingerprint density at radius 3 is 2.42 bits per heavy atom. The molecule has 8 heteroatoms. The number of ether oxygens (including phenoxy) is 3. The molecule has 0 fully saturated rings. The SMILES string of the molecule is COc1ccc(C2=NN(C(C)=O)[C@@H](c3cc4ccc(OC)cc4nc3Cl)C2)c(OC)c1. The number of rotatable bonds is 5. The summed E-state index contributed by atoms with van der Waals surface area (Å²) >= 11 is 6.56. The lowest BCUT2D eigenvalue weighted by Crippen LogP contribution is -2.24. The van der Waals surface area contributed by atoms with Crippen LogP contribution in [0.25, 0.3) is 10.9 Å². The number of carbonyl (C=O) groups excluding carboxylic acids is 1. The van der Waals surface area contributed by atoms with Crippen molar-refractivity contribution in [3.63, 3.8) is 0 Å². The van der Waals surface area contributed by atoms with E-state index < -0.39 is 0 Å². The van der Waals surface area contributed by atoms with Crippen LogP contribution in [0.4, 0.5) is 0 Å². The molecule has 2 heterocycles. The van der Waals surface area contributed by atoms with Crippen LogP contribution < -0.4 is 14.2 Å². The predicted molar refractivity (Wildman–Crippen MR) is 119 cm³/mol. The normalized spacial score (nSPS) is 15.7. The first-order chi connectivity index (χ1) is 14.9. The third-order valence-electron chi connectivity index (χ3n) is 5.32. The zero-order valence-electron chi connectivity index (χ0n) is 17.7. The number of carbonyl (C=O) groups is 1. The number of aromatic nitrogens is 1. The van der Waals surface area contributed by atoms with E-state index in [4.69, 9.17) is 25.8 Å². The smallest absolute Gasteiger partial charge is 0.240 e. The second-order valence-corrected chi connectivity index (χ2v) is 7.48. The Kier molecular flexibility index (Phi) is 5.69. The van der Waals surface area contributed by atoms with Gasteiger partial charge in [0.05, 0.1) is 38.6 Å². The number of pyridine rings is 1. The van der Waals surface area contributed by atoms with E-state index in [2.05, 4.69) is 10.1 Å². The van der Waals surface area contributed by atoms with Crippen LogP contribution >= 0.6 is 11.6 Å². The third kappa shape index (κ3) is 3.88. The second-order valence-electron chi connectivity index (χ2n) is 7.12. The molecule has 0 saturated carbocycles. The van der Waals surface area contributed by atoms with Crippen LogP contribution in [0, 0.1) is 0 Å². The number of fused-ring (bicyclic) bond motifs is 1. The topological polar surface area (TPSA) is 73.2 Å². The maximum absolute atomic E-state index is 12.4. The van der Waals surface area contributed by atoms with E-state index in [0.29, 0.717) is 28.8 Å². The lowest BCUT2D eigenvalue weighted by molar-refractivity contribution is -0.130. The van der Waals surface area contributed by atoms with Crippen LogP contribution in [0.2, 0.25) is 5.15 Å². The standard InChI is InChI=1S/C23H22ClN3O4/c1-13(28)27-21(12-20(26-27)17-8-7-16(30-3)11-22(17)31-4)18-9-14-5-6-15(29-2)10-19(14)25-23(18)24/h5-11,21H,12H2,1-4H3/t21-/m1/s1. The Balaban J connectivity index is 1.75. The van der Waals surface area contributed by atoms with Crippen molar-refractivity contribution < 1.29 is 19.0 Å². The highest BCUT2D eigenvalue weighted by Gasteiger charge is 2.34. The molecular weight excluding hydrogens is 418 g/mol. The largest absolute Gasteiger partial charge is 0.497 e. The van der Waals surface area contributed by atoms with Crippen LogP contribution in [-0.2, 0) is 4.79 Å². The number of nitrogens with zero attached hydrogens (tertiary/aromatic N) is 3. The fraction of sp³-hybridized carbons (Fsp3) is 0.261. The summed E-state index contributed by atoms with van der Waals surface area (Å²) in [5, 5.41) is 7.29. The molecule has 1 aliphatic rings. The Labute approximate surface area is 185 Å². The maximum atomic E-state index is 12.4. The number of hydrogen-bond acceptors (Lipinski definition) is 6. The lowest BCUT2D eigenvalue weighted by Gasteiger charge is -2.21. The van der Waals surface area contributed by atoms with Crippen LogP contribution in [0.15, 0.2) is 47.6 Å². The molecule has 0 N–H and O–H groups in total. The molecule has 1 amide bonds. The molecule has 0 radical (unpaired) electrons. The minimum Gasteiger partial charge on any atom is -0.497 e. The molecule has 0 aliphatic carbocycles. The average molecular weight is 440 g/mol. The van der Waals surface area contributed by atoms with Gasteiger partial charge in [-0.15, -0.1) is 0 Å². The first-order valence-electron chi connectivity index (χ1n) is 9.69. The summed E-state index contributed by atoms with van der Waals surface area (Å²) in [5.41, 5.74) is 2.98. The summed E-state index contributed by atoms with van der Waals surface area (Å²) in [6, 6.07) is 12.7. The van der Waals surface area contributed by atoms with Crippen LogP contribution in [-0.4, -0.2) is 42.9 Å². The number of halogens is 1. The van der Waals surface area contributed by atoms with Gasteiger partial charge in [-0.1, -0.05) is 11.6 Å². The molecule has 3 aromatic rings. The minimum atomic E-state index is -0.370. The Morgan fingerprint density at radius 1 is 1.03 bits per heavy atom. The van der Waals surface area contributed by atoms with Crippen molar-refractivity contribution in [2.24, 2.45) is 5.10 Å². The predicted octanol–water partition coefficient (Wildman–Crippen LogP) is 4.61. The van der Waals surface area contributed by atoms with E-state index in [1.54, 1.807) is 27.4 Å². The second kappa shape index (κ2) is 8.43. The van der Waals surface area contributed by atoms with Gasteiger partial charge >= 0.3 is 0 Å². The molecule has 4 rings (SSSR count). The fourth-order valence-corrected chi connectivity index (χ4v) is 4.01. The number of amides is 1. The monoisotopic (exact) mass is 439 g/mol. The average Bonchev–Trinajstić information content (AvgIpc) is 3.23. The molecule has 1 atom stereocenters. The van der Waals surface area contributed by atoms with Crippen molar-refractivity contribution in [1.82, 2.24) is 9.99 Å². The molecule has 0 bridgehead atoms. The van der Waals surface area contributed by atoms with E-state index in [9.17, 15) is 4.79 Å². The molecule has 0 unspecified atom stereocenters. The Morgan fingerprint density at radius 2 is 1.74 bits per heavy atom.